The lowest BCUT2D eigenvalue weighted by Crippen LogP contribution is -2.45. The molecule has 1 saturated heterocycles. The molecule has 0 bridgehead atoms. The Kier molecular flexibility index (Phi) is 6.04. The second-order valence-corrected chi connectivity index (χ2v) is 6.63. The second-order valence-electron chi connectivity index (χ2n) is 6.26. The molecule has 7 heteroatoms. The van der Waals surface area contributed by atoms with Gasteiger partial charge in [0, 0.05) is 26.2 Å². The van der Waals surface area contributed by atoms with E-state index in [-0.39, 0.29) is 28.4 Å². The number of hydrogen-bond acceptors (Lipinski definition) is 4. The molecule has 6 nitrogen and oxygen atoms in total. The Balaban J connectivity index is 2.08. The minimum Gasteiger partial charge on any atom is -0.368 e. The van der Waals surface area contributed by atoms with Crippen molar-refractivity contribution in [3.8, 4) is 0 Å². The number of piperidine rings is 1. The molecule has 0 aliphatic carbocycles. The van der Waals surface area contributed by atoms with Gasteiger partial charge < -0.3 is 10.2 Å². The summed E-state index contributed by atoms with van der Waals surface area (Å²) >= 11 is 6.17. The highest BCUT2D eigenvalue weighted by Gasteiger charge is 2.28. The van der Waals surface area contributed by atoms with Gasteiger partial charge in [-0.1, -0.05) is 24.9 Å². The molecule has 0 radical (unpaired) electrons. The highest BCUT2D eigenvalue weighted by atomic mass is 35.5. The van der Waals surface area contributed by atoms with E-state index < -0.39 is 0 Å². The Morgan fingerprint density at radius 1 is 1.57 bits per heavy atom. The number of halogens is 1. The predicted octanol–water partition coefficient (Wildman–Crippen LogP) is 1.95. The highest BCUT2D eigenvalue weighted by molar-refractivity contribution is 6.33. The fraction of sp³-hybridized carbons (Fsp3) is 0.688. The van der Waals surface area contributed by atoms with Gasteiger partial charge >= 0.3 is 0 Å². The first kappa shape index (κ1) is 17.8. The number of anilines is 1. The van der Waals surface area contributed by atoms with Crippen LogP contribution in [0.2, 0.25) is 5.02 Å². The minimum absolute atomic E-state index is 0.0804. The lowest BCUT2D eigenvalue weighted by molar-refractivity contribution is -0.125. The Morgan fingerprint density at radius 3 is 3.00 bits per heavy atom. The Bertz CT molecular complexity index is 617. The van der Waals surface area contributed by atoms with Gasteiger partial charge in [-0.05, 0) is 26.2 Å². The largest absolute Gasteiger partial charge is 0.368 e. The highest BCUT2D eigenvalue weighted by Crippen LogP contribution is 2.27. The van der Waals surface area contributed by atoms with Crippen LogP contribution in [0.15, 0.2) is 11.0 Å². The molecule has 1 aliphatic heterocycles. The van der Waals surface area contributed by atoms with Gasteiger partial charge in [0.05, 0.1) is 17.8 Å². The van der Waals surface area contributed by atoms with E-state index in [4.69, 9.17) is 11.6 Å². The van der Waals surface area contributed by atoms with E-state index in [9.17, 15) is 9.59 Å². The van der Waals surface area contributed by atoms with E-state index in [1.807, 2.05) is 11.8 Å². The molecular formula is C16H25ClN4O2. The summed E-state index contributed by atoms with van der Waals surface area (Å²) in [7, 11) is 1.57. The third-order valence-electron chi connectivity index (χ3n) is 4.30. The number of amides is 1. The van der Waals surface area contributed by atoms with Crippen molar-refractivity contribution in [2.75, 3.05) is 18.0 Å². The van der Waals surface area contributed by atoms with E-state index in [0.717, 1.165) is 32.2 Å². The van der Waals surface area contributed by atoms with Crippen LogP contribution in [0, 0.1) is 5.92 Å². The first-order valence-electron chi connectivity index (χ1n) is 8.21. The molecule has 0 spiro atoms. The fourth-order valence-electron chi connectivity index (χ4n) is 3.00. The van der Waals surface area contributed by atoms with Gasteiger partial charge in [-0.15, -0.1) is 0 Å². The quantitative estimate of drug-likeness (QED) is 0.889. The van der Waals surface area contributed by atoms with Gasteiger partial charge in [0.25, 0.3) is 5.56 Å². The van der Waals surface area contributed by atoms with Crippen molar-refractivity contribution in [1.82, 2.24) is 15.1 Å². The van der Waals surface area contributed by atoms with E-state index >= 15 is 0 Å². The topological polar surface area (TPSA) is 67.2 Å². The van der Waals surface area contributed by atoms with E-state index in [0.29, 0.717) is 12.2 Å². The maximum atomic E-state index is 12.4. The SMILES string of the molecule is CCCC(C)NC(=O)C1CCCN(c2cnn(C)c(=O)c2Cl)C1. The molecular weight excluding hydrogens is 316 g/mol. The van der Waals surface area contributed by atoms with Crippen LogP contribution in [0.4, 0.5) is 5.69 Å². The van der Waals surface area contributed by atoms with Gasteiger partial charge in [0.2, 0.25) is 5.91 Å². The Hall–Kier alpha value is -1.56. The smallest absolute Gasteiger partial charge is 0.287 e. The monoisotopic (exact) mass is 340 g/mol. The molecule has 1 aromatic rings. The first-order valence-corrected chi connectivity index (χ1v) is 8.59. The summed E-state index contributed by atoms with van der Waals surface area (Å²) in [5, 5.41) is 7.28. The van der Waals surface area contributed by atoms with Gasteiger partial charge in [0.1, 0.15) is 5.02 Å². The average Bonchev–Trinajstić information content (AvgIpc) is 2.53. The standard InChI is InChI=1S/C16H25ClN4O2/c1-4-6-11(2)19-15(22)12-7-5-8-21(10-12)13-9-18-20(3)16(23)14(13)17/h9,11-12H,4-8,10H2,1-3H3,(H,19,22). The fourth-order valence-corrected chi connectivity index (χ4v) is 3.29. The molecule has 1 N–H and O–H groups in total. The lowest BCUT2D eigenvalue weighted by atomic mass is 9.96. The molecule has 2 unspecified atom stereocenters. The summed E-state index contributed by atoms with van der Waals surface area (Å²) in [4.78, 5) is 26.3. The zero-order valence-corrected chi connectivity index (χ0v) is 14.8. The number of carbonyl (C=O) groups excluding carboxylic acids is 1. The van der Waals surface area contributed by atoms with Gasteiger partial charge in [-0.2, -0.15) is 5.10 Å². The van der Waals surface area contributed by atoms with Crippen LogP contribution in [0.25, 0.3) is 0 Å². The molecule has 2 rings (SSSR count). The predicted molar refractivity (Wildman–Crippen MR) is 91.9 cm³/mol. The van der Waals surface area contributed by atoms with Crippen molar-refractivity contribution in [2.24, 2.45) is 13.0 Å². The van der Waals surface area contributed by atoms with Crippen molar-refractivity contribution in [3.05, 3.63) is 21.6 Å². The number of rotatable bonds is 5. The number of aryl methyl sites for hydroxylation is 1. The molecule has 1 amide bonds. The van der Waals surface area contributed by atoms with Crippen molar-refractivity contribution >= 4 is 23.2 Å². The van der Waals surface area contributed by atoms with Gasteiger partial charge in [-0.25, -0.2) is 4.68 Å². The summed E-state index contributed by atoms with van der Waals surface area (Å²) in [5.74, 6) is 0.00625. The Labute approximate surface area is 141 Å². The van der Waals surface area contributed by atoms with E-state index in [1.165, 1.54) is 4.68 Å². The molecule has 1 aromatic heterocycles. The molecule has 2 atom stereocenters. The molecule has 2 heterocycles. The van der Waals surface area contributed by atoms with Crippen molar-refractivity contribution in [3.63, 3.8) is 0 Å². The van der Waals surface area contributed by atoms with Crippen LogP contribution >= 0.6 is 11.6 Å². The van der Waals surface area contributed by atoms with Crippen LogP contribution in [0.5, 0.6) is 0 Å². The number of nitrogens with one attached hydrogen (secondary N) is 1. The van der Waals surface area contributed by atoms with Gasteiger partial charge in [0.15, 0.2) is 0 Å². The summed E-state index contributed by atoms with van der Waals surface area (Å²) in [6.07, 6.45) is 5.38. The summed E-state index contributed by atoms with van der Waals surface area (Å²) < 4.78 is 1.21. The molecule has 0 saturated carbocycles. The third-order valence-corrected chi connectivity index (χ3v) is 4.66. The minimum atomic E-state index is -0.313. The number of hydrogen-bond donors (Lipinski definition) is 1. The van der Waals surface area contributed by atoms with Crippen LogP contribution < -0.4 is 15.8 Å². The summed E-state index contributed by atoms with van der Waals surface area (Å²) in [6.45, 7) is 5.49. The number of carbonyl (C=O) groups is 1. The zero-order valence-electron chi connectivity index (χ0n) is 14.0. The van der Waals surface area contributed by atoms with Crippen molar-refractivity contribution < 1.29 is 4.79 Å². The van der Waals surface area contributed by atoms with E-state index in [2.05, 4.69) is 17.3 Å². The molecule has 1 aliphatic rings. The molecule has 1 fully saturated rings. The number of aromatic nitrogens is 2. The summed E-state index contributed by atoms with van der Waals surface area (Å²) in [5.41, 5.74) is 0.307. The van der Waals surface area contributed by atoms with E-state index in [1.54, 1.807) is 13.2 Å². The van der Waals surface area contributed by atoms with Crippen LogP contribution in [0.1, 0.15) is 39.5 Å². The number of nitrogens with zero attached hydrogens (tertiary/aromatic N) is 3. The molecule has 128 valence electrons. The maximum absolute atomic E-state index is 12.4. The maximum Gasteiger partial charge on any atom is 0.287 e. The average molecular weight is 341 g/mol. The molecule has 0 aromatic carbocycles. The van der Waals surface area contributed by atoms with Gasteiger partial charge in [-0.3, -0.25) is 9.59 Å². The molecule has 23 heavy (non-hydrogen) atoms. The van der Waals surface area contributed by atoms with Crippen LogP contribution in [0.3, 0.4) is 0 Å². The lowest BCUT2D eigenvalue weighted by Gasteiger charge is -2.34. The van der Waals surface area contributed by atoms with Crippen LogP contribution in [-0.4, -0.2) is 34.8 Å². The summed E-state index contributed by atoms with van der Waals surface area (Å²) in [6, 6.07) is 0.192. The van der Waals surface area contributed by atoms with Crippen LogP contribution in [-0.2, 0) is 11.8 Å². The van der Waals surface area contributed by atoms with Crippen molar-refractivity contribution in [1.29, 1.82) is 0 Å². The first-order chi connectivity index (χ1) is 10.9. The van der Waals surface area contributed by atoms with Crippen molar-refractivity contribution in [2.45, 2.75) is 45.6 Å². The third kappa shape index (κ3) is 4.25. The normalized spacial score (nSPS) is 19.5. The second kappa shape index (κ2) is 7.81. The zero-order chi connectivity index (χ0) is 17.0. The Morgan fingerprint density at radius 2 is 2.30 bits per heavy atom.